The maximum Gasteiger partial charge on any atom is 0.265 e. The van der Waals surface area contributed by atoms with Crippen molar-refractivity contribution in [3.63, 3.8) is 0 Å². The van der Waals surface area contributed by atoms with Crippen molar-refractivity contribution in [2.24, 2.45) is 0 Å². The lowest BCUT2D eigenvalue weighted by molar-refractivity contribution is -0.122. The Morgan fingerprint density at radius 3 is 2.54 bits per heavy atom. The van der Waals surface area contributed by atoms with Gasteiger partial charge in [0.15, 0.2) is 6.10 Å². The van der Waals surface area contributed by atoms with Gasteiger partial charge in [-0.15, -0.1) is 0 Å². The van der Waals surface area contributed by atoms with E-state index in [1.807, 2.05) is 38.1 Å². The molecule has 0 heterocycles. The summed E-state index contributed by atoms with van der Waals surface area (Å²) >= 11 is 0. The molecule has 0 saturated carbocycles. The Morgan fingerprint density at radius 1 is 1.12 bits per heavy atom. The van der Waals surface area contributed by atoms with Crippen molar-refractivity contribution in [2.45, 2.75) is 26.4 Å². The minimum atomic E-state index is -0.635. The lowest BCUT2D eigenvalue weighted by atomic mass is 10.1. The highest BCUT2D eigenvalue weighted by atomic mass is 16.5. The molecule has 0 aliphatic heterocycles. The predicted molar refractivity (Wildman–Crippen MR) is 94.3 cm³/mol. The van der Waals surface area contributed by atoms with Crippen LogP contribution in [0.25, 0.3) is 0 Å². The van der Waals surface area contributed by atoms with Gasteiger partial charge in [0.2, 0.25) is 0 Å². The second-order valence-corrected chi connectivity index (χ2v) is 5.45. The molecule has 0 bridgehead atoms. The molecule has 5 heteroatoms. The molecule has 2 N–H and O–H groups in total. The van der Waals surface area contributed by atoms with Crippen molar-refractivity contribution in [3.05, 3.63) is 59.7 Å². The van der Waals surface area contributed by atoms with Gasteiger partial charge >= 0.3 is 0 Å². The third-order valence-corrected chi connectivity index (χ3v) is 3.59. The Balaban J connectivity index is 2.14. The highest BCUT2D eigenvalue weighted by Gasteiger charge is 2.20. The van der Waals surface area contributed by atoms with Crippen LogP contribution in [0.3, 0.4) is 0 Å². The number of hydrogen-bond donors (Lipinski definition) is 2. The van der Waals surface area contributed by atoms with Crippen molar-refractivity contribution >= 4 is 17.5 Å². The first kappa shape index (κ1) is 17.5. The zero-order chi connectivity index (χ0) is 17.5. The fourth-order valence-corrected chi connectivity index (χ4v) is 2.31. The summed E-state index contributed by atoms with van der Waals surface area (Å²) in [5.41, 5.74) is 1.94. The van der Waals surface area contributed by atoms with Crippen LogP contribution in [0, 0.1) is 6.92 Å². The van der Waals surface area contributed by atoms with E-state index in [1.165, 1.54) is 0 Å². The van der Waals surface area contributed by atoms with E-state index in [1.54, 1.807) is 31.3 Å². The topological polar surface area (TPSA) is 67.4 Å². The maximum atomic E-state index is 12.5. The molecule has 1 unspecified atom stereocenters. The van der Waals surface area contributed by atoms with Gasteiger partial charge < -0.3 is 15.4 Å². The third-order valence-electron chi connectivity index (χ3n) is 3.59. The minimum absolute atomic E-state index is 0.251. The number of ether oxygens (including phenoxy) is 1. The smallest absolute Gasteiger partial charge is 0.265 e. The van der Waals surface area contributed by atoms with Crippen LogP contribution in [-0.2, 0) is 4.79 Å². The van der Waals surface area contributed by atoms with E-state index in [0.717, 1.165) is 5.56 Å². The van der Waals surface area contributed by atoms with Gasteiger partial charge in [0.1, 0.15) is 5.75 Å². The molecular weight excluding hydrogens is 304 g/mol. The van der Waals surface area contributed by atoms with Gasteiger partial charge in [-0.2, -0.15) is 0 Å². The Kier molecular flexibility index (Phi) is 5.95. The molecule has 2 aromatic carbocycles. The summed E-state index contributed by atoms with van der Waals surface area (Å²) in [6, 6.07) is 14.4. The molecule has 2 rings (SSSR count). The minimum Gasteiger partial charge on any atom is -0.481 e. The van der Waals surface area contributed by atoms with Crippen molar-refractivity contribution < 1.29 is 14.3 Å². The van der Waals surface area contributed by atoms with E-state index in [4.69, 9.17) is 4.74 Å². The van der Waals surface area contributed by atoms with Gasteiger partial charge in [-0.25, -0.2) is 0 Å². The van der Waals surface area contributed by atoms with E-state index >= 15 is 0 Å². The number of rotatable bonds is 6. The molecule has 5 nitrogen and oxygen atoms in total. The summed E-state index contributed by atoms with van der Waals surface area (Å²) in [6.45, 7) is 3.85. The number of nitrogens with one attached hydrogen (secondary N) is 2. The molecule has 2 aromatic rings. The van der Waals surface area contributed by atoms with Gasteiger partial charge in [0, 0.05) is 7.05 Å². The highest BCUT2D eigenvalue weighted by molar-refractivity contribution is 6.04. The number of aryl methyl sites for hydroxylation is 1. The molecule has 0 saturated heterocycles. The van der Waals surface area contributed by atoms with Crippen molar-refractivity contribution in [1.82, 2.24) is 5.32 Å². The first-order chi connectivity index (χ1) is 11.5. The standard InChI is InChI=1S/C19H22N2O3/c1-4-17(24-14-9-7-8-13(2)12-14)19(23)21-16-11-6-5-10-15(16)18(22)20-3/h5-12,17H,4H2,1-3H3,(H,20,22)(H,21,23). The number of para-hydroxylation sites is 1. The number of benzene rings is 2. The molecule has 0 aliphatic carbocycles. The molecule has 1 atom stereocenters. The number of anilines is 1. The first-order valence-electron chi connectivity index (χ1n) is 7.90. The van der Waals surface area contributed by atoms with Crippen LogP contribution in [0.4, 0.5) is 5.69 Å². The molecule has 24 heavy (non-hydrogen) atoms. The van der Waals surface area contributed by atoms with Gasteiger partial charge in [0.25, 0.3) is 11.8 Å². The lowest BCUT2D eigenvalue weighted by Gasteiger charge is -2.18. The van der Waals surface area contributed by atoms with Crippen molar-refractivity contribution in [2.75, 3.05) is 12.4 Å². The largest absolute Gasteiger partial charge is 0.481 e. The van der Waals surface area contributed by atoms with Crippen molar-refractivity contribution in [1.29, 1.82) is 0 Å². The number of carbonyl (C=O) groups excluding carboxylic acids is 2. The summed E-state index contributed by atoms with van der Waals surface area (Å²) in [6.07, 6.45) is -0.119. The van der Waals surface area contributed by atoms with Crippen LogP contribution >= 0.6 is 0 Å². The highest BCUT2D eigenvalue weighted by Crippen LogP contribution is 2.18. The molecule has 0 aromatic heterocycles. The number of hydrogen-bond acceptors (Lipinski definition) is 3. The summed E-state index contributed by atoms with van der Waals surface area (Å²) in [4.78, 5) is 24.4. The van der Waals surface area contributed by atoms with Crippen LogP contribution in [-0.4, -0.2) is 25.0 Å². The predicted octanol–water partition coefficient (Wildman–Crippen LogP) is 3.15. The molecule has 0 spiro atoms. The first-order valence-corrected chi connectivity index (χ1v) is 7.90. The monoisotopic (exact) mass is 326 g/mol. The Bertz CT molecular complexity index is 728. The fraction of sp³-hybridized carbons (Fsp3) is 0.263. The zero-order valence-corrected chi connectivity index (χ0v) is 14.1. The zero-order valence-electron chi connectivity index (χ0n) is 14.1. The average Bonchev–Trinajstić information content (AvgIpc) is 2.59. The molecule has 0 aliphatic rings. The third kappa shape index (κ3) is 4.35. The SMILES string of the molecule is CCC(Oc1cccc(C)c1)C(=O)Nc1ccccc1C(=O)NC. The Morgan fingerprint density at radius 2 is 1.88 bits per heavy atom. The second kappa shape index (κ2) is 8.15. The molecule has 0 radical (unpaired) electrons. The number of carbonyl (C=O) groups is 2. The van der Waals surface area contributed by atoms with Gasteiger partial charge in [-0.1, -0.05) is 31.2 Å². The van der Waals surface area contributed by atoms with E-state index < -0.39 is 6.10 Å². The van der Waals surface area contributed by atoms with Crippen molar-refractivity contribution in [3.8, 4) is 5.75 Å². The summed E-state index contributed by atoms with van der Waals surface area (Å²) in [5, 5.41) is 5.35. The van der Waals surface area contributed by atoms with Gasteiger partial charge in [-0.3, -0.25) is 9.59 Å². The molecular formula is C19H22N2O3. The van der Waals surface area contributed by atoms with Crippen LogP contribution in [0.5, 0.6) is 5.75 Å². The van der Waals surface area contributed by atoms with Crippen LogP contribution in [0.15, 0.2) is 48.5 Å². The summed E-state index contributed by atoms with van der Waals surface area (Å²) in [5.74, 6) is 0.116. The summed E-state index contributed by atoms with van der Waals surface area (Å²) in [7, 11) is 1.55. The van der Waals surface area contributed by atoms with Crippen LogP contribution in [0.2, 0.25) is 0 Å². The molecule has 0 fully saturated rings. The van der Waals surface area contributed by atoms with E-state index in [9.17, 15) is 9.59 Å². The summed E-state index contributed by atoms with van der Waals surface area (Å²) < 4.78 is 5.79. The lowest BCUT2D eigenvalue weighted by Crippen LogP contribution is -2.33. The maximum absolute atomic E-state index is 12.5. The van der Waals surface area contributed by atoms with Crippen LogP contribution < -0.4 is 15.4 Å². The average molecular weight is 326 g/mol. The van der Waals surface area contributed by atoms with E-state index in [-0.39, 0.29) is 11.8 Å². The fourth-order valence-electron chi connectivity index (χ4n) is 2.31. The normalized spacial score (nSPS) is 11.5. The second-order valence-electron chi connectivity index (χ2n) is 5.45. The van der Waals surface area contributed by atoms with E-state index in [0.29, 0.717) is 23.4 Å². The quantitative estimate of drug-likeness (QED) is 0.857. The Hall–Kier alpha value is -2.82. The van der Waals surface area contributed by atoms with Crippen LogP contribution in [0.1, 0.15) is 29.3 Å². The van der Waals surface area contributed by atoms with Gasteiger partial charge in [-0.05, 0) is 43.2 Å². The molecule has 2 amide bonds. The Labute approximate surface area is 142 Å². The molecule has 126 valence electrons. The van der Waals surface area contributed by atoms with Gasteiger partial charge in [0.05, 0.1) is 11.3 Å². The van der Waals surface area contributed by atoms with E-state index in [2.05, 4.69) is 10.6 Å². The number of amides is 2.